The molecule has 0 radical (unpaired) electrons. The molecular formula is C19H24N4S. The van der Waals surface area contributed by atoms with Crippen molar-refractivity contribution >= 4 is 22.7 Å². The van der Waals surface area contributed by atoms with Crippen molar-refractivity contribution in [2.45, 2.75) is 26.8 Å². The van der Waals surface area contributed by atoms with Crippen molar-refractivity contribution in [3.63, 3.8) is 0 Å². The molecule has 2 unspecified atom stereocenters. The zero-order chi connectivity index (χ0) is 16.7. The predicted octanol–water partition coefficient (Wildman–Crippen LogP) is 4.12. The highest BCUT2D eigenvalue weighted by Crippen LogP contribution is 2.31. The molecule has 126 valence electrons. The number of hydrogen-bond acceptors (Lipinski definition) is 4. The summed E-state index contributed by atoms with van der Waals surface area (Å²) in [5.41, 5.74) is 10.1. The van der Waals surface area contributed by atoms with E-state index < -0.39 is 0 Å². The van der Waals surface area contributed by atoms with Crippen LogP contribution in [0.25, 0.3) is 16.2 Å². The summed E-state index contributed by atoms with van der Waals surface area (Å²) in [4.78, 5) is 8.69. The third-order valence-corrected chi connectivity index (χ3v) is 5.69. The molecule has 0 saturated carbocycles. The van der Waals surface area contributed by atoms with E-state index in [1.807, 2.05) is 18.3 Å². The highest BCUT2D eigenvalue weighted by Gasteiger charge is 2.24. The molecule has 1 aliphatic heterocycles. The number of thiophene rings is 1. The lowest BCUT2D eigenvalue weighted by molar-refractivity contribution is 0.133. The quantitative estimate of drug-likeness (QED) is 0.780. The number of fused-ring (bicyclic) bond motifs is 1. The van der Waals surface area contributed by atoms with E-state index in [2.05, 4.69) is 40.7 Å². The molecule has 3 aromatic rings. The maximum Gasteiger partial charge on any atom is 0.137 e. The Morgan fingerprint density at radius 2 is 2.00 bits per heavy atom. The third kappa shape index (κ3) is 2.94. The van der Waals surface area contributed by atoms with Crippen LogP contribution in [0.4, 0.5) is 5.69 Å². The highest BCUT2D eigenvalue weighted by molar-refractivity contribution is 7.13. The van der Waals surface area contributed by atoms with Crippen molar-refractivity contribution < 1.29 is 0 Å². The number of aromatic nitrogens is 2. The van der Waals surface area contributed by atoms with Crippen LogP contribution in [0.2, 0.25) is 0 Å². The lowest BCUT2D eigenvalue weighted by atomic mass is 9.92. The Morgan fingerprint density at radius 1 is 1.21 bits per heavy atom. The van der Waals surface area contributed by atoms with Gasteiger partial charge in [-0.2, -0.15) is 0 Å². The molecule has 4 nitrogen and oxygen atoms in total. The van der Waals surface area contributed by atoms with Gasteiger partial charge in [-0.25, -0.2) is 4.98 Å². The summed E-state index contributed by atoms with van der Waals surface area (Å²) in [5.74, 6) is 1.51. The van der Waals surface area contributed by atoms with Crippen molar-refractivity contribution in [2.24, 2.45) is 11.8 Å². The number of likely N-dealkylation sites (tertiary alicyclic amines) is 1. The number of imidazole rings is 1. The van der Waals surface area contributed by atoms with Crippen molar-refractivity contribution in [1.82, 2.24) is 14.3 Å². The summed E-state index contributed by atoms with van der Waals surface area (Å²) in [5, 5.41) is 2.11. The molecule has 0 spiro atoms. The number of anilines is 1. The van der Waals surface area contributed by atoms with Gasteiger partial charge in [-0.1, -0.05) is 19.9 Å². The van der Waals surface area contributed by atoms with Gasteiger partial charge in [0.05, 0.1) is 10.6 Å². The fourth-order valence-corrected chi connectivity index (χ4v) is 4.74. The van der Waals surface area contributed by atoms with Gasteiger partial charge in [0.2, 0.25) is 0 Å². The zero-order valence-electron chi connectivity index (χ0n) is 14.3. The summed E-state index contributed by atoms with van der Waals surface area (Å²) in [7, 11) is 0. The monoisotopic (exact) mass is 340 g/mol. The fourth-order valence-electron chi connectivity index (χ4n) is 4.00. The third-order valence-electron chi connectivity index (χ3n) is 4.81. The van der Waals surface area contributed by atoms with Gasteiger partial charge in [0.25, 0.3) is 0 Å². The summed E-state index contributed by atoms with van der Waals surface area (Å²) in [6.45, 7) is 7.95. The molecule has 0 amide bonds. The van der Waals surface area contributed by atoms with Crippen LogP contribution in [0.5, 0.6) is 0 Å². The SMILES string of the molecule is CC1CC(C)CN(Cc2c(-c3cccs3)nc3ccc(N)cn23)C1. The molecule has 1 aliphatic rings. The minimum atomic E-state index is 0.753. The molecular weight excluding hydrogens is 316 g/mol. The molecule has 2 N–H and O–H groups in total. The smallest absolute Gasteiger partial charge is 0.137 e. The number of pyridine rings is 1. The maximum atomic E-state index is 6.04. The van der Waals surface area contributed by atoms with E-state index in [1.54, 1.807) is 11.3 Å². The van der Waals surface area contributed by atoms with Gasteiger partial charge in [0.1, 0.15) is 11.3 Å². The van der Waals surface area contributed by atoms with E-state index >= 15 is 0 Å². The van der Waals surface area contributed by atoms with Crippen LogP contribution >= 0.6 is 11.3 Å². The molecule has 2 atom stereocenters. The molecule has 24 heavy (non-hydrogen) atoms. The topological polar surface area (TPSA) is 46.6 Å². The Morgan fingerprint density at radius 3 is 2.71 bits per heavy atom. The first kappa shape index (κ1) is 15.7. The maximum absolute atomic E-state index is 6.04. The highest BCUT2D eigenvalue weighted by atomic mass is 32.1. The van der Waals surface area contributed by atoms with Gasteiger partial charge in [-0.3, -0.25) is 9.30 Å². The lowest BCUT2D eigenvalue weighted by Gasteiger charge is -2.34. The van der Waals surface area contributed by atoms with Gasteiger partial charge in [0.15, 0.2) is 0 Å². The van der Waals surface area contributed by atoms with Crippen LogP contribution in [-0.2, 0) is 6.54 Å². The van der Waals surface area contributed by atoms with E-state index in [0.717, 1.165) is 48.5 Å². The van der Waals surface area contributed by atoms with E-state index in [1.165, 1.54) is 17.0 Å². The van der Waals surface area contributed by atoms with Crippen LogP contribution in [0.1, 0.15) is 26.0 Å². The van der Waals surface area contributed by atoms with Crippen molar-refractivity contribution in [3.8, 4) is 10.6 Å². The van der Waals surface area contributed by atoms with Gasteiger partial charge < -0.3 is 5.73 Å². The van der Waals surface area contributed by atoms with Crippen LogP contribution in [0.15, 0.2) is 35.8 Å². The van der Waals surface area contributed by atoms with Crippen LogP contribution < -0.4 is 5.73 Å². The first-order valence-electron chi connectivity index (χ1n) is 8.63. The van der Waals surface area contributed by atoms with Gasteiger partial charge in [0, 0.05) is 31.5 Å². The predicted molar refractivity (Wildman–Crippen MR) is 101 cm³/mol. The molecule has 4 rings (SSSR count). The molecule has 3 aromatic heterocycles. The number of nitrogens with two attached hydrogens (primary N) is 1. The molecule has 1 saturated heterocycles. The Hall–Kier alpha value is -1.85. The van der Waals surface area contributed by atoms with E-state index in [-0.39, 0.29) is 0 Å². The molecule has 0 aromatic carbocycles. The normalized spacial score (nSPS) is 22.2. The Labute approximate surface area is 146 Å². The van der Waals surface area contributed by atoms with Gasteiger partial charge >= 0.3 is 0 Å². The summed E-state index contributed by atoms with van der Waals surface area (Å²) < 4.78 is 2.17. The first-order chi connectivity index (χ1) is 11.6. The number of hydrogen-bond donors (Lipinski definition) is 1. The van der Waals surface area contributed by atoms with E-state index in [4.69, 9.17) is 10.7 Å². The van der Waals surface area contributed by atoms with Crippen molar-refractivity contribution in [2.75, 3.05) is 18.8 Å². The second-order valence-electron chi connectivity index (χ2n) is 7.22. The number of piperidine rings is 1. The van der Waals surface area contributed by atoms with E-state index in [9.17, 15) is 0 Å². The molecule has 1 fully saturated rings. The first-order valence-corrected chi connectivity index (χ1v) is 9.51. The van der Waals surface area contributed by atoms with Crippen LogP contribution in [0, 0.1) is 11.8 Å². The molecule has 0 aliphatic carbocycles. The lowest BCUT2D eigenvalue weighted by Crippen LogP contribution is -2.38. The molecule has 4 heterocycles. The fraction of sp³-hybridized carbons (Fsp3) is 0.421. The Kier molecular flexibility index (Phi) is 4.06. The van der Waals surface area contributed by atoms with Gasteiger partial charge in [-0.05, 0) is 41.8 Å². The standard InChI is InChI=1S/C19H24N4S/c1-13-8-14(2)10-22(9-13)12-16-19(17-4-3-7-24-17)21-18-6-5-15(20)11-23(16)18/h3-7,11,13-14H,8-10,12,20H2,1-2H3. The van der Waals surface area contributed by atoms with Crippen LogP contribution in [0.3, 0.4) is 0 Å². The minimum Gasteiger partial charge on any atom is -0.398 e. The summed E-state index contributed by atoms with van der Waals surface area (Å²) in [6.07, 6.45) is 3.33. The Balaban J connectivity index is 1.77. The summed E-state index contributed by atoms with van der Waals surface area (Å²) in [6, 6.07) is 8.18. The summed E-state index contributed by atoms with van der Waals surface area (Å²) >= 11 is 1.75. The zero-order valence-corrected chi connectivity index (χ0v) is 15.1. The molecule has 0 bridgehead atoms. The average Bonchev–Trinajstić information content (AvgIpc) is 3.15. The van der Waals surface area contributed by atoms with E-state index in [0.29, 0.717) is 0 Å². The average molecular weight is 340 g/mol. The van der Waals surface area contributed by atoms with Gasteiger partial charge in [-0.15, -0.1) is 11.3 Å². The number of nitrogens with zero attached hydrogens (tertiary/aromatic N) is 3. The number of rotatable bonds is 3. The Bertz CT molecular complexity index is 827. The van der Waals surface area contributed by atoms with Crippen LogP contribution in [-0.4, -0.2) is 27.4 Å². The van der Waals surface area contributed by atoms with Crippen molar-refractivity contribution in [1.29, 1.82) is 0 Å². The second kappa shape index (κ2) is 6.22. The van der Waals surface area contributed by atoms with Crippen molar-refractivity contribution in [3.05, 3.63) is 41.5 Å². The number of nitrogen functional groups attached to an aromatic ring is 1. The minimum absolute atomic E-state index is 0.753. The largest absolute Gasteiger partial charge is 0.398 e. The second-order valence-corrected chi connectivity index (χ2v) is 8.16. The molecule has 5 heteroatoms.